The van der Waals surface area contributed by atoms with E-state index in [9.17, 15) is 0 Å². The van der Waals surface area contributed by atoms with Gasteiger partial charge in [-0.15, -0.1) is 0 Å². The number of anilines is 1. The predicted octanol–water partition coefficient (Wildman–Crippen LogP) is 3.46. The van der Waals surface area contributed by atoms with E-state index in [0.29, 0.717) is 23.9 Å². The second-order valence-corrected chi connectivity index (χ2v) is 4.56. The highest BCUT2D eigenvalue weighted by Gasteiger charge is 2.12. The summed E-state index contributed by atoms with van der Waals surface area (Å²) in [7, 11) is 0. The third-order valence-electron chi connectivity index (χ3n) is 3.07. The Morgan fingerprint density at radius 2 is 2.05 bits per heavy atom. The van der Waals surface area contributed by atoms with Gasteiger partial charge in [-0.2, -0.15) is 4.98 Å². The number of nitrogens with one attached hydrogen (secondary N) is 1. The molecule has 0 spiro atoms. The Labute approximate surface area is 124 Å². The molecule has 0 saturated carbocycles. The molecule has 1 aromatic heterocycles. The van der Waals surface area contributed by atoms with Crippen LogP contribution in [0.15, 0.2) is 30.3 Å². The molecular weight excluding hydrogens is 264 g/mol. The maximum absolute atomic E-state index is 5.98. The minimum atomic E-state index is 0.520. The van der Waals surface area contributed by atoms with Crippen molar-refractivity contribution in [1.29, 1.82) is 0 Å². The van der Waals surface area contributed by atoms with E-state index in [1.165, 1.54) is 0 Å². The first kappa shape index (κ1) is 15.0. The quantitative estimate of drug-likeness (QED) is 0.649. The average molecular weight is 284 g/mol. The van der Waals surface area contributed by atoms with Crippen LogP contribution in [0, 0.1) is 6.92 Å². The van der Waals surface area contributed by atoms with Crippen LogP contribution in [0.1, 0.15) is 30.8 Å². The van der Waals surface area contributed by atoms with Gasteiger partial charge in [0.1, 0.15) is 17.4 Å². The van der Waals surface area contributed by atoms with Crippen molar-refractivity contribution in [2.75, 3.05) is 5.43 Å². The zero-order valence-corrected chi connectivity index (χ0v) is 12.6. The van der Waals surface area contributed by atoms with Crippen LogP contribution in [-0.2, 0) is 6.42 Å². The molecule has 5 heteroatoms. The predicted molar refractivity (Wildman–Crippen MR) is 85.2 cm³/mol. The Bertz CT molecular complexity index is 653. The summed E-state index contributed by atoms with van der Waals surface area (Å²) in [5.74, 6) is 8.05. The molecule has 0 bridgehead atoms. The van der Waals surface area contributed by atoms with E-state index >= 15 is 0 Å². The van der Waals surface area contributed by atoms with Gasteiger partial charge in [0.05, 0.1) is 5.56 Å². The highest BCUT2D eigenvalue weighted by molar-refractivity contribution is 5.58. The number of nitrogen functional groups attached to an aromatic ring is 1. The van der Waals surface area contributed by atoms with Gasteiger partial charge in [0.25, 0.3) is 0 Å². The van der Waals surface area contributed by atoms with Crippen LogP contribution >= 0.6 is 0 Å². The molecule has 5 nitrogen and oxygen atoms in total. The smallest absolute Gasteiger partial charge is 0.227 e. The number of rotatable bonds is 5. The molecule has 2 aromatic rings. The van der Waals surface area contributed by atoms with Gasteiger partial charge >= 0.3 is 0 Å². The van der Waals surface area contributed by atoms with E-state index in [0.717, 1.165) is 16.9 Å². The van der Waals surface area contributed by atoms with E-state index < -0.39 is 0 Å². The summed E-state index contributed by atoms with van der Waals surface area (Å²) in [6.07, 6.45) is 4.68. The molecule has 0 fully saturated rings. The number of hydrazine groups is 1. The zero-order chi connectivity index (χ0) is 15.2. The van der Waals surface area contributed by atoms with Gasteiger partial charge in [-0.05, 0) is 19.9 Å². The normalized spacial score (nSPS) is 10.9. The van der Waals surface area contributed by atoms with Gasteiger partial charge in [-0.25, -0.2) is 10.8 Å². The number of aryl methyl sites for hydroxylation is 1. The second-order valence-electron chi connectivity index (χ2n) is 4.56. The van der Waals surface area contributed by atoms with Crippen molar-refractivity contribution < 1.29 is 4.74 Å². The standard InChI is InChI=1S/C16H20N4O/c1-4-8-12-9-6-7-10-13(12)21-16-11(3)15(20-17)18-14(5-2)19-16/h4,6-10H,5,17H2,1-3H3,(H,18,19,20)/b8-4+. The highest BCUT2D eigenvalue weighted by Crippen LogP contribution is 2.29. The lowest BCUT2D eigenvalue weighted by atomic mass is 10.2. The summed E-state index contributed by atoms with van der Waals surface area (Å²) in [6, 6.07) is 7.81. The lowest BCUT2D eigenvalue weighted by Crippen LogP contribution is -2.13. The van der Waals surface area contributed by atoms with E-state index in [1.54, 1.807) is 0 Å². The lowest BCUT2D eigenvalue weighted by molar-refractivity contribution is 0.454. The van der Waals surface area contributed by atoms with Gasteiger partial charge in [0, 0.05) is 12.0 Å². The molecule has 1 aromatic carbocycles. The van der Waals surface area contributed by atoms with Crippen LogP contribution in [0.3, 0.4) is 0 Å². The third kappa shape index (κ3) is 3.38. The van der Waals surface area contributed by atoms with E-state index in [2.05, 4.69) is 15.4 Å². The van der Waals surface area contributed by atoms with Crippen LogP contribution in [-0.4, -0.2) is 9.97 Å². The first-order valence-corrected chi connectivity index (χ1v) is 6.93. The Morgan fingerprint density at radius 1 is 1.29 bits per heavy atom. The summed E-state index contributed by atoms with van der Waals surface area (Å²) in [6.45, 7) is 5.84. The molecule has 0 unspecified atom stereocenters. The molecule has 110 valence electrons. The van der Waals surface area contributed by atoms with Crippen molar-refractivity contribution in [1.82, 2.24) is 9.97 Å². The van der Waals surface area contributed by atoms with Gasteiger partial charge in [-0.1, -0.05) is 37.3 Å². The van der Waals surface area contributed by atoms with Gasteiger partial charge in [0.2, 0.25) is 5.88 Å². The van der Waals surface area contributed by atoms with Crippen LogP contribution in [0.5, 0.6) is 11.6 Å². The van der Waals surface area contributed by atoms with Crippen LogP contribution in [0.4, 0.5) is 5.82 Å². The fourth-order valence-corrected chi connectivity index (χ4v) is 1.93. The Kier molecular flexibility index (Phi) is 4.90. The van der Waals surface area contributed by atoms with Crippen molar-refractivity contribution in [3.8, 4) is 11.6 Å². The van der Waals surface area contributed by atoms with Crippen LogP contribution in [0.25, 0.3) is 6.08 Å². The molecule has 21 heavy (non-hydrogen) atoms. The number of benzene rings is 1. The molecular formula is C16H20N4O. The number of ether oxygens (including phenoxy) is 1. The topological polar surface area (TPSA) is 73.1 Å². The molecule has 1 heterocycles. The number of nitrogens with zero attached hydrogens (tertiary/aromatic N) is 2. The molecule has 0 radical (unpaired) electrons. The van der Waals surface area contributed by atoms with Crippen LogP contribution in [0.2, 0.25) is 0 Å². The highest BCUT2D eigenvalue weighted by atomic mass is 16.5. The second kappa shape index (κ2) is 6.85. The molecule has 0 atom stereocenters. The van der Waals surface area contributed by atoms with Crippen molar-refractivity contribution in [3.05, 3.63) is 47.3 Å². The fraction of sp³-hybridized carbons (Fsp3) is 0.250. The van der Waals surface area contributed by atoms with Gasteiger partial charge < -0.3 is 10.2 Å². The molecule has 0 aliphatic carbocycles. The first-order chi connectivity index (χ1) is 10.2. The number of aromatic nitrogens is 2. The maximum Gasteiger partial charge on any atom is 0.227 e. The van der Waals surface area contributed by atoms with Crippen molar-refractivity contribution in [2.24, 2.45) is 5.84 Å². The number of hydrogen-bond acceptors (Lipinski definition) is 5. The monoisotopic (exact) mass is 284 g/mol. The molecule has 0 amide bonds. The van der Waals surface area contributed by atoms with Crippen molar-refractivity contribution >= 4 is 11.9 Å². The third-order valence-corrected chi connectivity index (χ3v) is 3.07. The van der Waals surface area contributed by atoms with E-state index in [4.69, 9.17) is 10.6 Å². The number of allylic oxidation sites excluding steroid dienone is 1. The first-order valence-electron chi connectivity index (χ1n) is 6.93. The number of hydrogen-bond donors (Lipinski definition) is 2. The minimum absolute atomic E-state index is 0.520. The molecule has 0 aliphatic rings. The molecule has 2 rings (SSSR count). The van der Waals surface area contributed by atoms with Crippen molar-refractivity contribution in [2.45, 2.75) is 27.2 Å². The number of nitrogens with two attached hydrogens (primary N) is 1. The van der Waals surface area contributed by atoms with Crippen molar-refractivity contribution in [3.63, 3.8) is 0 Å². The van der Waals surface area contributed by atoms with E-state index in [-0.39, 0.29) is 0 Å². The van der Waals surface area contributed by atoms with E-state index in [1.807, 2.05) is 57.2 Å². The summed E-state index contributed by atoms with van der Waals surface area (Å²) in [4.78, 5) is 8.77. The Hall–Kier alpha value is -2.40. The Balaban J connectivity index is 2.44. The largest absolute Gasteiger partial charge is 0.438 e. The van der Waals surface area contributed by atoms with Gasteiger partial charge in [0.15, 0.2) is 0 Å². The fourth-order valence-electron chi connectivity index (χ4n) is 1.93. The molecule has 3 N–H and O–H groups in total. The molecule has 0 saturated heterocycles. The Morgan fingerprint density at radius 3 is 2.71 bits per heavy atom. The summed E-state index contributed by atoms with van der Waals surface area (Å²) < 4.78 is 5.98. The van der Waals surface area contributed by atoms with Crippen LogP contribution < -0.4 is 16.0 Å². The average Bonchev–Trinajstić information content (AvgIpc) is 2.51. The lowest BCUT2D eigenvalue weighted by Gasteiger charge is -2.13. The summed E-state index contributed by atoms with van der Waals surface area (Å²) in [5, 5.41) is 0. The minimum Gasteiger partial charge on any atom is -0.438 e. The summed E-state index contributed by atoms with van der Waals surface area (Å²) >= 11 is 0. The maximum atomic E-state index is 5.98. The number of para-hydroxylation sites is 1. The SMILES string of the molecule is C/C=C/c1ccccc1Oc1nc(CC)nc(NN)c1C. The van der Waals surface area contributed by atoms with Gasteiger partial charge in [-0.3, -0.25) is 0 Å². The summed E-state index contributed by atoms with van der Waals surface area (Å²) in [5.41, 5.74) is 4.37. The molecule has 0 aliphatic heterocycles. The zero-order valence-electron chi connectivity index (χ0n) is 12.6.